The Bertz CT molecular complexity index is 338. The fraction of sp³-hybridized carbons (Fsp3) is 1.00. The zero-order chi connectivity index (χ0) is 24.0. The Hall–Kier alpha value is -0.0400. The van der Waals surface area contributed by atoms with Gasteiger partial charge in [0.1, 0.15) is 0 Å². The zero-order valence-corrected chi connectivity index (χ0v) is 23.4. The summed E-state index contributed by atoms with van der Waals surface area (Å²) >= 11 is 0. The summed E-state index contributed by atoms with van der Waals surface area (Å²) in [5.41, 5.74) is 0.778. The fourth-order valence-corrected chi connectivity index (χ4v) is 5.95. The van der Waals surface area contributed by atoms with Crippen molar-refractivity contribution in [1.82, 2.24) is 0 Å². The van der Waals surface area contributed by atoms with E-state index in [4.69, 9.17) is 0 Å². The zero-order valence-electron chi connectivity index (χ0n) is 23.4. The second-order valence-electron chi connectivity index (χ2n) is 11.3. The number of aliphatic hydroxyl groups excluding tert-OH is 1. The highest BCUT2D eigenvalue weighted by Crippen LogP contribution is 2.44. The van der Waals surface area contributed by atoms with Crippen molar-refractivity contribution < 1.29 is 5.11 Å². The van der Waals surface area contributed by atoms with E-state index in [0.717, 1.165) is 0 Å². The first-order valence-electron chi connectivity index (χ1n) is 15.2. The molecule has 0 amide bonds. The molecular formula is C31H64O. The van der Waals surface area contributed by atoms with Gasteiger partial charge in [-0.05, 0) is 55.8 Å². The van der Waals surface area contributed by atoms with E-state index in [1.54, 1.807) is 0 Å². The first-order chi connectivity index (χ1) is 15.6. The van der Waals surface area contributed by atoms with Crippen molar-refractivity contribution in [3.8, 4) is 0 Å². The van der Waals surface area contributed by atoms with Crippen LogP contribution in [0.25, 0.3) is 0 Å². The van der Waals surface area contributed by atoms with Crippen LogP contribution in [0.5, 0.6) is 0 Å². The van der Waals surface area contributed by atoms with Crippen molar-refractivity contribution in [2.24, 2.45) is 10.8 Å². The molecule has 0 heterocycles. The molecule has 0 bridgehead atoms. The summed E-state index contributed by atoms with van der Waals surface area (Å²) in [6, 6.07) is 0. The monoisotopic (exact) mass is 452 g/mol. The summed E-state index contributed by atoms with van der Waals surface area (Å²) in [7, 11) is 0. The Labute approximate surface area is 204 Å². The first kappa shape index (κ1) is 32.0. The maximum absolute atomic E-state index is 10.5. The number of unbranched alkanes of at least 4 members (excludes halogenated alkanes) is 10. The predicted octanol–water partition coefficient (Wildman–Crippen LogP) is 11.0. The lowest BCUT2D eigenvalue weighted by Gasteiger charge is -2.38. The Morgan fingerprint density at radius 1 is 0.344 bits per heavy atom. The molecule has 0 radical (unpaired) electrons. The van der Waals surface area contributed by atoms with Crippen LogP contribution in [0.1, 0.15) is 182 Å². The van der Waals surface area contributed by atoms with Gasteiger partial charge in [0.05, 0.1) is 0 Å². The van der Waals surface area contributed by atoms with Gasteiger partial charge in [-0.1, -0.05) is 137 Å². The van der Waals surface area contributed by atoms with Crippen LogP contribution in [0.3, 0.4) is 0 Å². The lowest BCUT2D eigenvalue weighted by molar-refractivity contribution is 0.0768. The predicted molar refractivity (Wildman–Crippen MR) is 147 cm³/mol. The lowest BCUT2D eigenvalue weighted by atomic mass is 9.68. The minimum Gasteiger partial charge on any atom is -0.396 e. The van der Waals surface area contributed by atoms with E-state index in [1.807, 2.05) is 0 Å². The molecule has 1 nitrogen and oxygen atoms in total. The number of hydrogen-bond acceptors (Lipinski definition) is 1. The normalized spacial score (nSPS) is 12.6. The Balaban J connectivity index is 5.23. The highest BCUT2D eigenvalue weighted by atomic mass is 16.3. The standard InChI is InChI=1S/C31H64O/c1-6-11-16-22-30(23-17-12-7-2,24-18-13-8-3)27-21-28-31(29-32,25-19-14-9-4)26-20-15-10-5/h32H,6-29H2,1-5H3. The summed E-state index contributed by atoms with van der Waals surface area (Å²) in [5, 5.41) is 10.5. The quantitative estimate of drug-likeness (QED) is 0.136. The molecule has 0 unspecified atom stereocenters. The summed E-state index contributed by atoms with van der Waals surface area (Å²) in [6.07, 6.45) is 31.1. The van der Waals surface area contributed by atoms with Crippen LogP contribution in [0, 0.1) is 10.8 Å². The molecule has 0 aliphatic carbocycles. The van der Waals surface area contributed by atoms with E-state index < -0.39 is 0 Å². The highest BCUT2D eigenvalue weighted by Gasteiger charge is 2.32. The molecule has 0 aromatic rings. The molecular weight excluding hydrogens is 388 g/mol. The van der Waals surface area contributed by atoms with Gasteiger partial charge in [0.2, 0.25) is 0 Å². The molecule has 0 rings (SSSR count). The van der Waals surface area contributed by atoms with Crippen molar-refractivity contribution in [3.63, 3.8) is 0 Å². The third-order valence-electron chi connectivity index (χ3n) is 8.30. The average Bonchev–Trinajstić information content (AvgIpc) is 2.79. The molecule has 1 heteroatoms. The van der Waals surface area contributed by atoms with Crippen molar-refractivity contribution in [3.05, 3.63) is 0 Å². The minimum absolute atomic E-state index is 0.201. The Kier molecular flexibility index (Phi) is 21.5. The van der Waals surface area contributed by atoms with E-state index >= 15 is 0 Å². The summed E-state index contributed by atoms with van der Waals surface area (Å²) in [6.45, 7) is 12.0. The van der Waals surface area contributed by atoms with E-state index in [0.29, 0.717) is 12.0 Å². The van der Waals surface area contributed by atoms with Crippen LogP contribution in [0.2, 0.25) is 0 Å². The fourth-order valence-electron chi connectivity index (χ4n) is 5.95. The van der Waals surface area contributed by atoms with Gasteiger partial charge in [-0.25, -0.2) is 0 Å². The van der Waals surface area contributed by atoms with Gasteiger partial charge in [0, 0.05) is 6.61 Å². The summed E-state index contributed by atoms with van der Waals surface area (Å²) < 4.78 is 0. The van der Waals surface area contributed by atoms with E-state index in [1.165, 1.54) is 148 Å². The largest absolute Gasteiger partial charge is 0.396 e. The molecule has 0 aromatic heterocycles. The maximum atomic E-state index is 10.5. The van der Waals surface area contributed by atoms with Gasteiger partial charge < -0.3 is 5.11 Å². The van der Waals surface area contributed by atoms with Gasteiger partial charge >= 0.3 is 0 Å². The first-order valence-corrected chi connectivity index (χ1v) is 15.2. The SMILES string of the molecule is CCCCCC(CO)(CCCCC)CCCC(CCCCC)(CCCCC)CCCCC. The number of aliphatic hydroxyl groups is 1. The van der Waals surface area contributed by atoms with Crippen LogP contribution >= 0.6 is 0 Å². The van der Waals surface area contributed by atoms with Crippen LogP contribution in [-0.4, -0.2) is 11.7 Å². The second-order valence-corrected chi connectivity index (χ2v) is 11.3. The highest BCUT2D eigenvalue weighted by molar-refractivity contribution is 4.84. The topological polar surface area (TPSA) is 20.2 Å². The van der Waals surface area contributed by atoms with Crippen LogP contribution in [0.4, 0.5) is 0 Å². The van der Waals surface area contributed by atoms with Crippen LogP contribution in [-0.2, 0) is 0 Å². The summed E-state index contributed by atoms with van der Waals surface area (Å²) in [5.74, 6) is 0. The molecule has 194 valence electrons. The van der Waals surface area contributed by atoms with E-state index in [2.05, 4.69) is 34.6 Å². The molecule has 0 saturated heterocycles. The van der Waals surface area contributed by atoms with Crippen LogP contribution in [0.15, 0.2) is 0 Å². The third kappa shape index (κ3) is 15.0. The number of rotatable bonds is 25. The Morgan fingerprint density at radius 3 is 0.875 bits per heavy atom. The maximum Gasteiger partial charge on any atom is 0.0487 e. The van der Waals surface area contributed by atoms with E-state index in [9.17, 15) is 5.11 Å². The van der Waals surface area contributed by atoms with E-state index in [-0.39, 0.29) is 5.41 Å². The molecule has 0 aliphatic heterocycles. The van der Waals surface area contributed by atoms with Crippen molar-refractivity contribution in [1.29, 1.82) is 0 Å². The molecule has 32 heavy (non-hydrogen) atoms. The lowest BCUT2D eigenvalue weighted by Crippen LogP contribution is -2.28. The van der Waals surface area contributed by atoms with Crippen LogP contribution < -0.4 is 0 Å². The van der Waals surface area contributed by atoms with Gasteiger partial charge in [0.25, 0.3) is 0 Å². The second kappa shape index (κ2) is 21.5. The summed E-state index contributed by atoms with van der Waals surface area (Å²) in [4.78, 5) is 0. The van der Waals surface area contributed by atoms with Gasteiger partial charge in [-0.15, -0.1) is 0 Å². The van der Waals surface area contributed by atoms with Gasteiger partial charge in [-0.2, -0.15) is 0 Å². The molecule has 0 spiro atoms. The molecule has 0 saturated carbocycles. The molecule has 0 atom stereocenters. The van der Waals surface area contributed by atoms with Crippen molar-refractivity contribution in [2.75, 3.05) is 6.61 Å². The van der Waals surface area contributed by atoms with Gasteiger partial charge in [0.15, 0.2) is 0 Å². The average molecular weight is 453 g/mol. The Morgan fingerprint density at radius 2 is 0.594 bits per heavy atom. The smallest absolute Gasteiger partial charge is 0.0487 e. The third-order valence-corrected chi connectivity index (χ3v) is 8.30. The number of hydrogen-bond donors (Lipinski definition) is 1. The molecule has 0 aliphatic rings. The van der Waals surface area contributed by atoms with Gasteiger partial charge in [-0.3, -0.25) is 0 Å². The van der Waals surface area contributed by atoms with Crippen molar-refractivity contribution in [2.45, 2.75) is 182 Å². The van der Waals surface area contributed by atoms with Crippen molar-refractivity contribution >= 4 is 0 Å². The molecule has 1 N–H and O–H groups in total. The molecule has 0 aromatic carbocycles. The molecule has 0 fully saturated rings. The minimum atomic E-state index is 0.201.